The Morgan fingerprint density at radius 2 is 2.07 bits per heavy atom. The van der Waals surface area contributed by atoms with Gasteiger partial charge in [0.25, 0.3) is 0 Å². The van der Waals surface area contributed by atoms with Crippen molar-refractivity contribution >= 4 is 23.5 Å². The Morgan fingerprint density at radius 1 is 1.24 bits per heavy atom. The number of anilines is 2. The molecule has 1 aliphatic heterocycles. The van der Waals surface area contributed by atoms with Gasteiger partial charge in [-0.1, -0.05) is 0 Å². The fraction of sp³-hybridized carbons (Fsp3) is 0.550. The molecular formula is C20H26N6O3. The number of nitrogens with zero attached hydrogens (tertiary/aromatic N) is 4. The Balaban J connectivity index is 1.32. The van der Waals surface area contributed by atoms with Crippen LogP contribution in [0, 0.1) is 0 Å². The third kappa shape index (κ3) is 4.08. The molecule has 4 rings (SSSR count). The number of amides is 1. The average molecular weight is 398 g/mol. The van der Waals surface area contributed by atoms with Crippen LogP contribution >= 0.6 is 0 Å². The zero-order valence-electron chi connectivity index (χ0n) is 16.9. The fourth-order valence-corrected chi connectivity index (χ4v) is 3.86. The minimum absolute atomic E-state index is 0.0615. The van der Waals surface area contributed by atoms with E-state index >= 15 is 0 Å². The van der Waals surface area contributed by atoms with Gasteiger partial charge in [0.05, 0.1) is 12.4 Å². The maximum absolute atomic E-state index is 12.4. The lowest BCUT2D eigenvalue weighted by Gasteiger charge is -2.47. The molecular weight excluding hydrogens is 372 g/mol. The van der Waals surface area contributed by atoms with Crippen LogP contribution in [0.4, 0.5) is 16.4 Å². The van der Waals surface area contributed by atoms with Crippen LogP contribution in [0.25, 0.3) is 0 Å². The minimum atomic E-state index is -0.202. The lowest BCUT2D eigenvalue weighted by atomic mass is 9.90. The highest BCUT2D eigenvalue weighted by molar-refractivity contribution is 5.91. The molecule has 9 heteroatoms. The van der Waals surface area contributed by atoms with Gasteiger partial charge in [-0.25, -0.2) is 14.8 Å². The van der Waals surface area contributed by atoms with Gasteiger partial charge in [0.15, 0.2) is 11.6 Å². The van der Waals surface area contributed by atoms with Gasteiger partial charge in [-0.15, -0.1) is 0 Å². The van der Waals surface area contributed by atoms with E-state index in [1.165, 1.54) is 19.3 Å². The first-order valence-corrected chi connectivity index (χ1v) is 9.95. The van der Waals surface area contributed by atoms with Crippen LogP contribution in [0.3, 0.4) is 0 Å². The van der Waals surface area contributed by atoms with E-state index in [0.29, 0.717) is 17.3 Å². The summed E-state index contributed by atoms with van der Waals surface area (Å²) in [7, 11) is 0. The molecule has 9 nitrogen and oxygen atoms in total. The molecule has 2 aromatic heterocycles. The third-order valence-electron chi connectivity index (χ3n) is 5.86. The van der Waals surface area contributed by atoms with Crippen molar-refractivity contribution in [2.75, 3.05) is 11.9 Å². The molecule has 0 bridgehead atoms. The maximum Gasteiger partial charge on any atom is 0.410 e. The molecule has 0 aromatic carbocycles. The predicted octanol–water partition coefficient (Wildman–Crippen LogP) is 3.40. The van der Waals surface area contributed by atoms with Crippen molar-refractivity contribution in [3.8, 4) is 0 Å². The number of Topliss-reactive ketones (excluding diaryl/α,β-unsaturated/α-hetero) is 1. The number of hydrogen-bond donors (Lipinski definition) is 2. The van der Waals surface area contributed by atoms with Gasteiger partial charge in [0.1, 0.15) is 17.6 Å². The molecule has 2 aliphatic rings. The Morgan fingerprint density at radius 3 is 2.69 bits per heavy atom. The quantitative estimate of drug-likeness (QED) is 0.742. The minimum Gasteiger partial charge on any atom is -0.446 e. The zero-order valence-corrected chi connectivity index (χ0v) is 16.9. The van der Waals surface area contributed by atoms with Crippen molar-refractivity contribution in [3.63, 3.8) is 0 Å². The summed E-state index contributed by atoms with van der Waals surface area (Å²) in [5.74, 6) is 1.29. The Labute approximate surface area is 169 Å². The smallest absolute Gasteiger partial charge is 0.410 e. The van der Waals surface area contributed by atoms with Crippen molar-refractivity contribution in [2.45, 2.75) is 64.0 Å². The molecule has 0 unspecified atom stereocenters. The Bertz CT molecular complexity index is 907. The summed E-state index contributed by atoms with van der Waals surface area (Å²) in [6, 6.07) is 1.94. The van der Waals surface area contributed by atoms with E-state index in [4.69, 9.17) is 4.74 Å². The van der Waals surface area contributed by atoms with E-state index in [2.05, 4.69) is 39.3 Å². The van der Waals surface area contributed by atoms with Gasteiger partial charge >= 0.3 is 6.09 Å². The number of ether oxygens (including phenoxy) is 1. The highest BCUT2D eigenvalue weighted by atomic mass is 16.6. The second-order valence-electron chi connectivity index (χ2n) is 8.41. The molecule has 1 saturated heterocycles. The molecule has 0 spiro atoms. The van der Waals surface area contributed by atoms with E-state index in [9.17, 15) is 9.59 Å². The maximum atomic E-state index is 12.4. The van der Waals surface area contributed by atoms with Crippen LogP contribution in [-0.4, -0.2) is 55.1 Å². The molecule has 2 N–H and O–H groups in total. The summed E-state index contributed by atoms with van der Waals surface area (Å²) in [6.07, 6.45) is 6.28. The molecule has 1 saturated carbocycles. The summed E-state index contributed by atoms with van der Waals surface area (Å²) in [5.41, 5.74) is 1.24. The number of aromatic amines is 1. The van der Waals surface area contributed by atoms with E-state index in [1.807, 2.05) is 6.07 Å². The normalized spacial score (nSPS) is 22.8. The van der Waals surface area contributed by atoms with Gasteiger partial charge in [-0.05, 0) is 39.5 Å². The first kappa shape index (κ1) is 19.4. The number of H-pyrrole nitrogens is 1. The van der Waals surface area contributed by atoms with Crippen molar-refractivity contribution in [3.05, 3.63) is 29.8 Å². The number of hydrogen-bond acceptors (Lipinski definition) is 7. The summed E-state index contributed by atoms with van der Waals surface area (Å²) in [4.78, 5) is 33.7. The molecule has 2 aromatic rings. The third-order valence-corrected chi connectivity index (χ3v) is 5.86. The van der Waals surface area contributed by atoms with Crippen LogP contribution in [0.1, 0.15) is 68.6 Å². The summed E-state index contributed by atoms with van der Waals surface area (Å²) in [6.45, 7) is 6.35. The number of ketones is 1. The standard InChI is InChI=1S/C20H26N6O3/c1-12(27)16-10-22-18(11-21-16)23-17-9-15(24-25-17)13-4-5-14(8-13)29-19(28)26-7-6-20(26,2)3/h9-11,13-14H,4-8H2,1-3H3,(H2,22,23,24,25)/t13-,14+/m0/s1. The van der Waals surface area contributed by atoms with E-state index < -0.39 is 0 Å². The molecule has 0 radical (unpaired) electrons. The molecule has 154 valence electrons. The van der Waals surface area contributed by atoms with Crippen molar-refractivity contribution in [2.24, 2.45) is 0 Å². The first-order chi connectivity index (χ1) is 13.8. The van der Waals surface area contributed by atoms with Crippen LogP contribution in [0.15, 0.2) is 18.5 Å². The molecule has 1 aliphatic carbocycles. The van der Waals surface area contributed by atoms with Gasteiger partial charge in [0.2, 0.25) is 0 Å². The second kappa shape index (κ2) is 7.46. The lowest BCUT2D eigenvalue weighted by molar-refractivity contribution is -0.0101. The molecule has 1 amide bonds. The lowest BCUT2D eigenvalue weighted by Crippen LogP contribution is -2.58. The molecule has 2 atom stereocenters. The van der Waals surface area contributed by atoms with Crippen molar-refractivity contribution in [1.29, 1.82) is 0 Å². The van der Waals surface area contributed by atoms with Crippen LogP contribution in [-0.2, 0) is 4.74 Å². The van der Waals surface area contributed by atoms with Gasteiger partial charge in [0, 0.05) is 36.7 Å². The van der Waals surface area contributed by atoms with Gasteiger partial charge in [-0.2, -0.15) is 5.10 Å². The van der Waals surface area contributed by atoms with Crippen LogP contribution in [0.2, 0.25) is 0 Å². The molecule has 29 heavy (non-hydrogen) atoms. The number of aromatic nitrogens is 4. The number of nitrogens with one attached hydrogen (secondary N) is 2. The average Bonchev–Trinajstić information content (AvgIpc) is 3.30. The highest BCUT2D eigenvalue weighted by Crippen LogP contribution is 2.37. The van der Waals surface area contributed by atoms with Crippen molar-refractivity contribution < 1.29 is 14.3 Å². The summed E-state index contributed by atoms with van der Waals surface area (Å²) in [5, 5.41) is 10.4. The largest absolute Gasteiger partial charge is 0.446 e. The van der Waals surface area contributed by atoms with Crippen LogP contribution < -0.4 is 5.32 Å². The fourth-order valence-electron chi connectivity index (χ4n) is 3.86. The number of rotatable bonds is 5. The number of carbonyl (C=O) groups is 2. The van der Waals surface area contributed by atoms with Gasteiger partial charge < -0.3 is 15.0 Å². The number of likely N-dealkylation sites (tertiary alicyclic amines) is 1. The van der Waals surface area contributed by atoms with E-state index in [-0.39, 0.29) is 29.4 Å². The van der Waals surface area contributed by atoms with Crippen molar-refractivity contribution in [1.82, 2.24) is 25.1 Å². The summed E-state index contributed by atoms with van der Waals surface area (Å²) >= 11 is 0. The van der Waals surface area contributed by atoms with Gasteiger partial charge in [-0.3, -0.25) is 9.89 Å². The number of carbonyl (C=O) groups excluding carboxylic acids is 2. The predicted molar refractivity (Wildman–Crippen MR) is 106 cm³/mol. The zero-order chi connectivity index (χ0) is 20.6. The Hall–Kier alpha value is -2.97. The van der Waals surface area contributed by atoms with Crippen LogP contribution in [0.5, 0.6) is 0 Å². The first-order valence-electron chi connectivity index (χ1n) is 9.95. The highest BCUT2D eigenvalue weighted by Gasteiger charge is 2.41. The second-order valence-corrected chi connectivity index (χ2v) is 8.41. The monoisotopic (exact) mass is 398 g/mol. The van der Waals surface area contributed by atoms with E-state index in [1.54, 1.807) is 4.90 Å². The summed E-state index contributed by atoms with van der Waals surface area (Å²) < 4.78 is 5.73. The Kier molecular flexibility index (Phi) is 4.97. The topological polar surface area (TPSA) is 113 Å². The SMILES string of the molecule is CC(=O)c1cnc(Nc2cc([C@H]3CC[C@@H](OC(=O)N4CCC4(C)C)C3)[nH]n2)cn1. The van der Waals surface area contributed by atoms with E-state index in [0.717, 1.165) is 37.9 Å². The molecule has 3 heterocycles. The molecule has 2 fully saturated rings.